The van der Waals surface area contributed by atoms with E-state index in [-0.39, 0.29) is 25.4 Å². The number of ether oxygens (including phenoxy) is 2. The molecule has 4 aromatic rings. The first-order valence-corrected chi connectivity index (χ1v) is 18.0. The fraction of sp³-hybridized carbons (Fsp3) is 0.333. The highest BCUT2D eigenvalue weighted by Crippen LogP contribution is 2.28. The molecule has 292 valence electrons. The molecule has 0 spiro atoms. The third-order valence-corrected chi connectivity index (χ3v) is 8.75. The van der Waals surface area contributed by atoms with Gasteiger partial charge in [-0.2, -0.15) is 0 Å². The lowest BCUT2D eigenvalue weighted by Gasteiger charge is -2.31. The van der Waals surface area contributed by atoms with Gasteiger partial charge < -0.3 is 45.9 Å². The molecule has 0 saturated carbocycles. The van der Waals surface area contributed by atoms with E-state index in [1.165, 1.54) is 0 Å². The number of benzene rings is 4. The molecule has 0 saturated heterocycles. The van der Waals surface area contributed by atoms with Crippen LogP contribution in [-0.2, 0) is 30.5 Å². The zero-order valence-electron chi connectivity index (χ0n) is 30.7. The minimum Gasteiger partial charge on any atom is -0.452 e. The molecular weight excluding hydrogens is 706 g/mol. The summed E-state index contributed by atoms with van der Waals surface area (Å²) in [5, 5.41) is 50.3. The average Bonchev–Trinajstić information content (AvgIpc) is 3.20. The molecule has 0 fully saturated rings. The monoisotopic (exact) mass is 755 g/mol. The molecule has 6 unspecified atom stereocenters. The zero-order chi connectivity index (χ0) is 39.7. The highest BCUT2D eigenvalue weighted by molar-refractivity contribution is 5.86. The van der Waals surface area contributed by atoms with Crippen molar-refractivity contribution in [3.05, 3.63) is 144 Å². The number of nitrogens with one attached hydrogen (secondary N) is 3. The number of aliphatic hydroxyl groups is 4. The number of hydrogen-bond donors (Lipinski definition) is 7. The van der Waals surface area contributed by atoms with Crippen molar-refractivity contribution in [1.29, 1.82) is 0 Å². The maximum absolute atomic E-state index is 13.5. The number of carbonyl (C=O) groups excluding carboxylic acids is 4. The first kappa shape index (κ1) is 42.1. The number of hydrogen-bond acceptors (Lipinski definition) is 10. The molecule has 0 aliphatic carbocycles. The molecule has 55 heavy (non-hydrogen) atoms. The summed E-state index contributed by atoms with van der Waals surface area (Å²) in [6.45, 7) is 2.71. The second-order valence-corrected chi connectivity index (χ2v) is 13.5. The summed E-state index contributed by atoms with van der Waals surface area (Å²) in [6.07, 6.45) is -8.32. The topological polar surface area (TPSA) is 204 Å². The quantitative estimate of drug-likeness (QED) is 0.0695. The van der Waals surface area contributed by atoms with Crippen molar-refractivity contribution in [1.82, 2.24) is 16.0 Å². The van der Waals surface area contributed by atoms with E-state index in [4.69, 9.17) is 9.47 Å². The summed E-state index contributed by atoms with van der Waals surface area (Å²) >= 11 is 0. The summed E-state index contributed by atoms with van der Waals surface area (Å²) in [5.74, 6) is -2.68. The third-order valence-electron chi connectivity index (χ3n) is 8.75. The van der Waals surface area contributed by atoms with E-state index in [0.29, 0.717) is 5.56 Å². The molecule has 0 bridgehead atoms. The van der Waals surface area contributed by atoms with Crippen LogP contribution in [0.5, 0.6) is 0 Å². The fourth-order valence-electron chi connectivity index (χ4n) is 5.84. The largest absolute Gasteiger partial charge is 0.452 e. The lowest BCUT2D eigenvalue weighted by Crippen LogP contribution is -2.59. The van der Waals surface area contributed by atoms with Crippen LogP contribution in [0.15, 0.2) is 121 Å². The molecule has 0 radical (unpaired) electrons. The second kappa shape index (κ2) is 21.3. The van der Waals surface area contributed by atoms with Crippen LogP contribution < -0.4 is 16.0 Å². The summed E-state index contributed by atoms with van der Waals surface area (Å²) in [7, 11) is 0. The van der Waals surface area contributed by atoms with Crippen LogP contribution in [-0.4, -0.2) is 81.3 Å². The van der Waals surface area contributed by atoms with Crippen LogP contribution in [0, 0.1) is 5.92 Å². The van der Waals surface area contributed by atoms with Gasteiger partial charge in [-0.15, -0.1) is 0 Å². The Labute approximate surface area is 320 Å². The molecule has 0 aliphatic rings. The number of esters is 1. The molecule has 7 N–H and O–H groups in total. The van der Waals surface area contributed by atoms with Gasteiger partial charge in [-0.25, -0.2) is 4.79 Å². The van der Waals surface area contributed by atoms with Gasteiger partial charge in [-0.05, 0) is 34.6 Å². The Morgan fingerprint density at radius 1 is 0.636 bits per heavy atom. The van der Waals surface area contributed by atoms with Crippen molar-refractivity contribution < 1.29 is 49.1 Å². The Hall–Kier alpha value is -5.60. The molecule has 0 aromatic heterocycles. The molecule has 6 atom stereocenters. The number of aliphatic hydroxyl groups excluding tert-OH is 4. The molecular formula is C42H49N3O10. The van der Waals surface area contributed by atoms with Crippen molar-refractivity contribution in [3.63, 3.8) is 0 Å². The number of amides is 3. The molecule has 3 amide bonds. The highest BCUT2D eigenvalue weighted by Gasteiger charge is 2.38. The van der Waals surface area contributed by atoms with E-state index in [9.17, 15) is 39.6 Å². The summed E-state index contributed by atoms with van der Waals surface area (Å²) in [5.41, 5.74) is 2.69. The van der Waals surface area contributed by atoms with Gasteiger partial charge in [0.1, 0.15) is 24.9 Å². The minimum absolute atomic E-state index is 0.0407. The normalized spacial score (nSPS) is 14.5. The minimum atomic E-state index is -2.26. The van der Waals surface area contributed by atoms with Crippen molar-refractivity contribution in [2.75, 3.05) is 6.61 Å². The highest BCUT2D eigenvalue weighted by atomic mass is 16.6. The van der Waals surface area contributed by atoms with Gasteiger partial charge in [0.05, 0.1) is 25.1 Å². The Bertz CT molecular complexity index is 1740. The standard InChI is InChI=1S/C42H49N3O10/c1-27(2)23-33(45-42(53)54-26-28-15-7-3-8-16-28)40(51)44-34(25-46)36(48)37(49)38(50)41(52)43-32(29-17-9-4-10-18-29)24-35(47)55-39(30-19-11-5-12-20-30)31-21-13-6-14-22-31/h3-22,27,32-34,36-39,46,48-50H,23-26H2,1-2H3,(H,43,52)(H,44,51)(H,45,53). The van der Waals surface area contributed by atoms with E-state index in [2.05, 4.69) is 16.0 Å². The lowest BCUT2D eigenvalue weighted by atomic mass is 9.98. The zero-order valence-corrected chi connectivity index (χ0v) is 30.7. The van der Waals surface area contributed by atoms with Crippen LogP contribution in [0.4, 0.5) is 4.79 Å². The predicted octanol–water partition coefficient (Wildman–Crippen LogP) is 3.47. The molecule has 4 rings (SSSR count). The Balaban J connectivity index is 1.41. The average molecular weight is 756 g/mol. The van der Waals surface area contributed by atoms with Crippen LogP contribution >= 0.6 is 0 Å². The van der Waals surface area contributed by atoms with E-state index >= 15 is 0 Å². The Morgan fingerprint density at radius 3 is 1.65 bits per heavy atom. The van der Waals surface area contributed by atoms with Gasteiger partial charge in [-0.1, -0.05) is 135 Å². The van der Waals surface area contributed by atoms with Crippen LogP contribution in [0.3, 0.4) is 0 Å². The molecule has 0 aliphatic heterocycles. The second-order valence-electron chi connectivity index (χ2n) is 13.5. The van der Waals surface area contributed by atoms with Crippen LogP contribution in [0.1, 0.15) is 61.1 Å². The van der Waals surface area contributed by atoms with Crippen molar-refractivity contribution in [2.45, 2.75) is 75.8 Å². The maximum Gasteiger partial charge on any atom is 0.408 e. The molecule has 13 heteroatoms. The van der Waals surface area contributed by atoms with Gasteiger partial charge in [0.25, 0.3) is 5.91 Å². The first-order chi connectivity index (χ1) is 26.5. The molecule has 4 aromatic carbocycles. The SMILES string of the molecule is CC(C)CC(NC(=O)OCc1ccccc1)C(=O)NC(CO)C(O)C(O)C(O)C(=O)NC(CC(=O)OC(c1ccccc1)c1ccccc1)c1ccccc1. The summed E-state index contributed by atoms with van der Waals surface area (Å²) in [6, 6.07) is 32.0. The molecule has 0 heterocycles. The Morgan fingerprint density at radius 2 is 1.15 bits per heavy atom. The van der Waals surface area contributed by atoms with Gasteiger partial charge >= 0.3 is 12.1 Å². The lowest BCUT2D eigenvalue weighted by molar-refractivity contribution is -0.149. The van der Waals surface area contributed by atoms with Crippen molar-refractivity contribution in [3.8, 4) is 0 Å². The summed E-state index contributed by atoms with van der Waals surface area (Å²) in [4.78, 5) is 52.7. The number of rotatable bonds is 19. The third kappa shape index (κ3) is 13.0. The van der Waals surface area contributed by atoms with Gasteiger partial charge in [0.2, 0.25) is 5.91 Å². The first-order valence-electron chi connectivity index (χ1n) is 18.0. The van der Waals surface area contributed by atoms with Gasteiger partial charge in [-0.3, -0.25) is 14.4 Å². The number of carbonyl (C=O) groups is 4. The van der Waals surface area contributed by atoms with Gasteiger partial charge in [0, 0.05) is 0 Å². The van der Waals surface area contributed by atoms with E-state index in [0.717, 1.165) is 16.7 Å². The predicted molar refractivity (Wildman–Crippen MR) is 203 cm³/mol. The Kier molecular flexibility index (Phi) is 16.3. The van der Waals surface area contributed by atoms with Crippen LogP contribution in [0.2, 0.25) is 0 Å². The van der Waals surface area contributed by atoms with Crippen molar-refractivity contribution >= 4 is 23.9 Å². The number of alkyl carbamates (subject to hydrolysis) is 1. The smallest absolute Gasteiger partial charge is 0.408 e. The van der Waals surface area contributed by atoms with E-state index < -0.39 is 73.0 Å². The fourth-order valence-corrected chi connectivity index (χ4v) is 5.84. The van der Waals surface area contributed by atoms with Crippen molar-refractivity contribution in [2.24, 2.45) is 5.92 Å². The van der Waals surface area contributed by atoms with Gasteiger partial charge in [0.15, 0.2) is 12.2 Å². The summed E-state index contributed by atoms with van der Waals surface area (Å²) < 4.78 is 11.2. The molecule has 13 nitrogen and oxygen atoms in total. The van der Waals surface area contributed by atoms with E-state index in [1.807, 2.05) is 80.6 Å². The van der Waals surface area contributed by atoms with Crippen LogP contribution in [0.25, 0.3) is 0 Å². The van der Waals surface area contributed by atoms with E-state index in [1.54, 1.807) is 54.6 Å². The maximum atomic E-state index is 13.5.